The predicted octanol–water partition coefficient (Wildman–Crippen LogP) is 5.29. The zero-order valence-corrected chi connectivity index (χ0v) is 16.5. The Morgan fingerprint density at radius 3 is 2.52 bits per heavy atom. The van der Waals surface area contributed by atoms with Crippen LogP contribution in [0.15, 0.2) is 47.4 Å². The van der Waals surface area contributed by atoms with E-state index in [-0.39, 0.29) is 16.0 Å². The van der Waals surface area contributed by atoms with Crippen LogP contribution >= 0.6 is 11.6 Å². The predicted molar refractivity (Wildman–Crippen MR) is 109 cm³/mol. The summed E-state index contributed by atoms with van der Waals surface area (Å²) in [5.74, 6) is 0. The minimum Gasteiger partial charge on any atom is -0.354 e. The maximum atomic E-state index is 13.0. The van der Waals surface area contributed by atoms with E-state index in [1.807, 2.05) is 30.3 Å². The number of H-pyrrole nitrogens is 1. The van der Waals surface area contributed by atoms with Crippen LogP contribution in [0.25, 0.3) is 22.2 Å². The van der Waals surface area contributed by atoms with Crippen molar-refractivity contribution >= 4 is 32.5 Å². The monoisotopic (exact) mass is 401 g/mol. The molecule has 2 aromatic carbocycles. The van der Waals surface area contributed by atoms with Gasteiger partial charge < -0.3 is 4.98 Å². The van der Waals surface area contributed by atoms with Crippen LogP contribution in [0.5, 0.6) is 0 Å². The van der Waals surface area contributed by atoms with Crippen molar-refractivity contribution in [3.63, 3.8) is 0 Å². The Morgan fingerprint density at radius 1 is 1.04 bits per heavy atom. The molecule has 141 valence electrons. The first-order chi connectivity index (χ1) is 13.0. The molecule has 1 radical (unpaired) electrons. The number of hydrogen-bond donors (Lipinski definition) is 2. The van der Waals surface area contributed by atoms with E-state index in [1.54, 1.807) is 12.1 Å². The van der Waals surface area contributed by atoms with Gasteiger partial charge in [0.1, 0.15) is 4.90 Å². The summed E-state index contributed by atoms with van der Waals surface area (Å²) in [6.07, 6.45) is 6.23. The highest BCUT2D eigenvalue weighted by Crippen LogP contribution is 2.30. The van der Waals surface area contributed by atoms with Crippen LogP contribution in [0, 0.1) is 6.07 Å². The molecule has 1 heterocycles. The molecule has 1 fully saturated rings. The molecule has 3 aromatic rings. The van der Waals surface area contributed by atoms with Crippen LogP contribution in [0.4, 0.5) is 0 Å². The second-order valence-corrected chi connectivity index (χ2v) is 9.22. The number of rotatable bonds is 4. The van der Waals surface area contributed by atoms with Crippen LogP contribution in [0.3, 0.4) is 0 Å². The van der Waals surface area contributed by atoms with Gasteiger partial charge in [-0.1, -0.05) is 61.5 Å². The zero-order valence-electron chi connectivity index (χ0n) is 15.0. The van der Waals surface area contributed by atoms with Crippen molar-refractivity contribution < 1.29 is 8.42 Å². The summed E-state index contributed by atoms with van der Waals surface area (Å²) in [6.45, 7) is 0. The molecule has 1 aliphatic rings. The summed E-state index contributed by atoms with van der Waals surface area (Å²) < 4.78 is 28.8. The second-order valence-electron chi connectivity index (χ2n) is 7.13. The minimum atomic E-state index is -3.68. The molecule has 1 aromatic heterocycles. The summed E-state index contributed by atoms with van der Waals surface area (Å²) >= 11 is 6.26. The van der Waals surface area contributed by atoms with Gasteiger partial charge in [-0.2, -0.15) is 0 Å². The van der Waals surface area contributed by atoms with Gasteiger partial charge in [-0.3, -0.25) is 0 Å². The maximum absolute atomic E-state index is 13.0. The highest BCUT2D eigenvalue weighted by molar-refractivity contribution is 7.89. The molecule has 0 amide bonds. The summed E-state index contributed by atoms with van der Waals surface area (Å²) in [5, 5.41) is 1.19. The first kappa shape index (κ1) is 18.5. The fraction of sp³-hybridized carbons (Fsp3) is 0.333. The van der Waals surface area contributed by atoms with E-state index in [0.717, 1.165) is 47.8 Å². The Kier molecular flexibility index (Phi) is 5.26. The molecule has 0 unspecified atom stereocenters. The van der Waals surface area contributed by atoms with Crippen molar-refractivity contribution in [2.24, 2.45) is 0 Å². The molecule has 27 heavy (non-hydrogen) atoms. The number of fused-ring (bicyclic) bond motifs is 1. The van der Waals surface area contributed by atoms with E-state index >= 15 is 0 Å². The van der Waals surface area contributed by atoms with Crippen LogP contribution in [0.2, 0.25) is 5.02 Å². The van der Waals surface area contributed by atoms with Gasteiger partial charge in [-0.15, -0.1) is 0 Å². The van der Waals surface area contributed by atoms with Gasteiger partial charge in [0, 0.05) is 28.6 Å². The SMILES string of the molecule is O=S(=O)(NC1CCCCCC1)c1cc(-c2[c]c3ccccc3[nH]2)ccc1Cl. The molecular weight excluding hydrogens is 380 g/mol. The average Bonchev–Trinajstić information content (AvgIpc) is 2.92. The van der Waals surface area contributed by atoms with E-state index in [9.17, 15) is 8.42 Å². The molecule has 2 N–H and O–H groups in total. The summed E-state index contributed by atoms with van der Waals surface area (Å²) in [7, 11) is -3.68. The van der Waals surface area contributed by atoms with E-state index in [0.29, 0.717) is 0 Å². The van der Waals surface area contributed by atoms with Crippen molar-refractivity contribution in [1.29, 1.82) is 0 Å². The fourth-order valence-electron chi connectivity index (χ4n) is 3.69. The first-order valence-electron chi connectivity index (χ1n) is 9.35. The van der Waals surface area contributed by atoms with Crippen molar-refractivity contribution in [3.05, 3.63) is 53.6 Å². The first-order valence-corrected chi connectivity index (χ1v) is 11.2. The molecule has 4 rings (SSSR count). The third kappa shape index (κ3) is 4.05. The second kappa shape index (κ2) is 7.66. The van der Waals surface area contributed by atoms with Crippen LogP contribution in [-0.4, -0.2) is 19.4 Å². The molecule has 0 spiro atoms. The number of sulfonamides is 1. The minimum absolute atomic E-state index is 0.0168. The quantitative estimate of drug-likeness (QED) is 0.583. The normalized spacial score (nSPS) is 16.5. The Bertz CT molecular complexity index is 1020. The lowest BCUT2D eigenvalue weighted by molar-refractivity contribution is 0.510. The topological polar surface area (TPSA) is 62.0 Å². The van der Waals surface area contributed by atoms with Crippen molar-refractivity contribution in [3.8, 4) is 11.3 Å². The molecule has 6 heteroatoms. The third-order valence-electron chi connectivity index (χ3n) is 5.13. The number of hydrogen-bond acceptors (Lipinski definition) is 2. The van der Waals surface area contributed by atoms with Gasteiger partial charge in [-0.25, -0.2) is 13.1 Å². The van der Waals surface area contributed by atoms with Gasteiger partial charge in [0.2, 0.25) is 10.0 Å². The van der Waals surface area contributed by atoms with Crippen LogP contribution in [-0.2, 0) is 10.0 Å². The number of benzene rings is 2. The van der Waals surface area contributed by atoms with Gasteiger partial charge in [0.15, 0.2) is 0 Å². The summed E-state index contributed by atoms with van der Waals surface area (Å²) in [5.41, 5.74) is 2.46. The van der Waals surface area contributed by atoms with Crippen LogP contribution in [0.1, 0.15) is 38.5 Å². The molecule has 0 saturated heterocycles. The van der Waals surface area contributed by atoms with E-state index < -0.39 is 10.0 Å². The smallest absolute Gasteiger partial charge is 0.242 e. The number of halogens is 1. The lowest BCUT2D eigenvalue weighted by Gasteiger charge is -2.17. The molecular formula is C21H22ClN2O2S. The molecule has 0 bridgehead atoms. The lowest BCUT2D eigenvalue weighted by Crippen LogP contribution is -2.34. The van der Waals surface area contributed by atoms with Crippen molar-refractivity contribution in [2.75, 3.05) is 0 Å². The average molecular weight is 402 g/mol. The van der Waals surface area contributed by atoms with E-state index in [2.05, 4.69) is 15.8 Å². The molecule has 1 saturated carbocycles. The standard InChI is InChI=1S/C21H22ClN2O2S/c22-18-12-11-16(20-13-15-7-5-6-10-19(15)23-20)14-21(18)27(25,26)24-17-8-3-1-2-4-9-17/h5-7,10-12,14,17,23-24H,1-4,8-9H2. The van der Waals surface area contributed by atoms with Crippen LogP contribution < -0.4 is 4.72 Å². The van der Waals surface area contributed by atoms with Crippen molar-refractivity contribution in [1.82, 2.24) is 9.71 Å². The number of aromatic amines is 1. The Morgan fingerprint density at radius 2 is 1.78 bits per heavy atom. The Balaban J connectivity index is 1.67. The molecule has 1 aliphatic carbocycles. The highest BCUT2D eigenvalue weighted by atomic mass is 35.5. The van der Waals surface area contributed by atoms with Gasteiger partial charge in [0.05, 0.1) is 10.7 Å². The van der Waals surface area contributed by atoms with Gasteiger partial charge >= 0.3 is 0 Å². The third-order valence-corrected chi connectivity index (χ3v) is 7.13. The Hall–Kier alpha value is -1.82. The fourth-order valence-corrected chi connectivity index (χ4v) is 5.52. The number of para-hydroxylation sites is 1. The number of nitrogens with one attached hydrogen (secondary N) is 2. The van der Waals surface area contributed by atoms with Gasteiger partial charge in [0.25, 0.3) is 0 Å². The van der Waals surface area contributed by atoms with Crippen molar-refractivity contribution in [2.45, 2.75) is 49.5 Å². The molecule has 0 aliphatic heterocycles. The summed E-state index contributed by atoms with van der Waals surface area (Å²) in [6, 6.07) is 16.2. The molecule has 4 nitrogen and oxygen atoms in total. The maximum Gasteiger partial charge on any atom is 0.242 e. The summed E-state index contributed by atoms with van der Waals surface area (Å²) in [4.78, 5) is 3.41. The highest BCUT2D eigenvalue weighted by Gasteiger charge is 2.24. The Labute approximate surface area is 165 Å². The lowest BCUT2D eigenvalue weighted by atomic mass is 10.1. The van der Waals surface area contributed by atoms with E-state index in [4.69, 9.17) is 11.6 Å². The zero-order chi connectivity index (χ0) is 18.9. The van der Waals surface area contributed by atoms with Gasteiger partial charge in [-0.05, 0) is 31.0 Å². The largest absolute Gasteiger partial charge is 0.354 e. The molecule has 0 atom stereocenters. The number of aromatic nitrogens is 1. The van der Waals surface area contributed by atoms with E-state index in [1.165, 1.54) is 12.8 Å².